The van der Waals surface area contributed by atoms with E-state index >= 15 is 0 Å². The number of aromatic nitrogens is 3. The van der Waals surface area contributed by atoms with E-state index in [2.05, 4.69) is 40.5 Å². The minimum Gasteiger partial charge on any atom is -0.478 e. The molecule has 0 spiro atoms. The van der Waals surface area contributed by atoms with Gasteiger partial charge in [-0.05, 0) is 47.5 Å². The second-order valence-corrected chi connectivity index (χ2v) is 7.74. The number of hydrogen-bond acceptors (Lipinski definition) is 4. The number of aromatic carboxylic acids is 1. The van der Waals surface area contributed by atoms with Gasteiger partial charge in [0.2, 0.25) is 0 Å². The lowest BCUT2D eigenvalue weighted by atomic mass is 10.0. The van der Waals surface area contributed by atoms with Crippen LogP contribution in [0.1, 0.15) is 10.4 Å². The molecule has 5 rings (SSSR count). The van der Waals surface area contributed by atoms with Crippen LogP contribution in [0.4, 0.5) is 0 Å². The third kappa shape index (κ3) is 3.23. The van der Waals surface area contributed by atoms with Gasteiger partial charge in [0.25, 0.3) is 0 Å². The first-order valence-electron chi connectivity index (χ1n) is 9.02. The summed E-state index contributed by atoms with van der Waals surface area (Å²) in [6, 6.07) is 25.5. The van der Waals surface area contributed by atoms with E-state index in [0.29, 0.717) is 0 Å². The Morgan fingerprint density at radius 2 is 1.72 bits per heavy atom. The molecule has 2 aromatic heterocycles. The van der Waals surface area contributed by atoms with Gasteiger partial charge in [-0.2, -0.15) is 0 Å². The van der Waals surface area contributed by atoms with Crippen molar-refractivity contribution in [1.82, 2.24) is 14.6 Å². The second kappa shape index (κ2) is 7.07. The van der Waals surface area contributed by atoms with Gasteiger partial charge in [0.1, 0.15) is 6.33 Å². The van der Waals surface area contributed by atoms with E-state index in [1.807, 2.05) is 34.7 Å². The molecule has 1 N–H and O–H groups in total. The first-order valence-corrected chi connectivity index (χ1v) is 9.84. The Kier molecular flexibility index (Phi) is 4.26. The van der Waals surface area contributed by atoms with Crippen LogP contribution in [-0.4, -0.2) is 25.7 Å². The number of carbonyl (C=O) groups is 1. The van der Waals surface area contributed by atoms with E-state index in [4.69, 9.17) is 0 Å². The van der Waals surface area contributed by atoms with E-state index in [-0.39, 0.29) is 5.56 Å². The normalized spacial score (nSPS) is 11.2. The molecule has 0 aliphatic heterocycles. The summed E-state index contributed by atoms with van der Waals surface area (Å²) in [4.78, 5) is 13.1. The van der Waals surface area contributed by atoms with E-state index in [1.165, 1.54) is 11.8 Å². The highest BCUT2D eigenvalue weighted by Gasteiger charge is 2.11. The van der Waals surface area contributed by atoms with E-state index in [0.717, 1.165) is 37.5 Å². The van der Waals surface area contributed by atoms with Crippen molar-refractivity contribution >= 4 is 34.3 Å². The summed E-state index contributed by atoms with van der Waals surface area (Å²) in [5.41, 5.74) is 4.29. The fraction of sp³-hybridized carbons (Fsp3) is 0. The van der Waals surface area contributed by atoms with Gasteiger partial charge in [0.05, 0.1) is 11.1 Å². The fourth-order valence-electron chi connectivity index (χ4n) is 3.42. The van der Waals surface area contributed by atoms with Crippen molar-refractivity contribution in [1.29, 1.82) is 0 Å². The number of fused-ring (bicyclic) bond motifs is 3. The van der Waals surface area contributed by atoms with E-state index < -0.39 is 5.97 Å². The van der Waals surface area contributed by atoms with Crippen molar-refractivity contribution in [2.24, 2.45) is 0 Å². The number of nitrogens with zero attached hydrogens (tertiary/aromatic N) is 3. The molecule has 140 valence electrons. The van der Waals surface area contributed by atoms with Crippen LogP contribution in [-0.2, 0) is 0 Å². The minimum absolute atomic E-state index is 0.281. The smallest absolute Gasteiger partial charge is 0.335 e. The molecule has 3 aromatic carbocycles. The highest BCUT2D eigenvalue weighted by molar-refractivity contribution is 7.99. The van der Waals surface area contributed by atoms with Gasteiger partial charge in [-0.1, -0.05) is 54.2 Å². The number of benzene rings is 3. The molecule has 0 atom stereocenters. The lowest BCUT2D eigenvalue weighted by molar-refractivity contribution is 0.0696. The summed E-state index contributed by atoms with van der Waals surface area (Å²) >= 11 is 1.53. The molecule has 0 aliphatic carbocycles. The number of carboxylic acid groups (broad SMARTS) is 1. The summed E-state index contributed by atoms with van der Waals surface area (Å²) in [7, 11) is 0. The zero-order valence-corrected chi connectivity index (χ0v) is 16.0. The predicted molar refractivity (Wildman–Crippen MR) is 113 cm³/mol. The molecule has 0 saturated carbocycles. The quantitative estimate of drug-likeness (QED) is 0.440. The van der Waals surface area contributed by atoms with Gasteiger partial charge in [0, 0.05) is 15.2 Å². The van der Waals surface area contributed by atoms with Gasteiger partial charge in [-0.3, -0.25) is 4.40 Å². The Hall–Kier alpha value is -3.64. The Bertz CT molecular complexity index is 1360. The Balaban J connectivity index is 1.65. The molecule has 5 nitrogen and oxygen atoms in total. The van der Waals surface area contributed by atoms with Crippen molar-refractivity contribution in [3.63, 3.8) is 0 Å². The van der Waals surface area contributed by atoms with Crippen LogP contribution in [0.15, 0.2) is 95.0 Å². The molecule has 5 aromatic rings. The lowest BCUT2D eigenvalue weighted by Gasteiger charge is -2.11. The van der Waals surface area contributed by atoms with Gasteiger partial charge < -0.3 is 5.11 Å². The van der Waals surface area contributed by atoms with Crippen LogP contribution in [0.3, 0.4) is 0 Å². The standard InChI is InChI=1S/C23H15N3O2S/c27-23(28)16-7-4-8-17(11-16)29-18-9-10-19-20(15-5-2-1-3-6-15)13-22-25-24-14-26(22)21(19)12-18/h1-14H,(H,27,28). The first kappa shape index (κ1) is 17.5. The molecule has 29 heavy (non-hydrogen) atoms. The summed E-state index contributed by atoms with van der Waals surface area (Å²) in [6.45, 7) is 0. The van der Waals surface area contributed by atoms with Gasteiger partial charge >= 0.3 is 5.97 Å². The lowest BCUT2D eigenvalue weighted by Crippen LogP contribution is -1.95. The third-order valence-electron chi connectivity index (χ3n) is 4.77. The molecule has 0 unspecified atom stereocenters. The summed E-state index contributed by atoms with van der Waals surface area (Å²) in [5, 5.41) is 18.6. The third-order valence-corrected chi connectivity index (χ3v) is 5.75. The number of hydrogen-bond donors (Lipinski definition) is 1. The topological polar surface area (TPSA) is 67.5 Å². The van der Waals surface area contributed by atoms with Crippen LogP contribution in [0, 0.1) is 0 Å². The molecule has 0 saturated heterocycles. The minimum atomic E-state index is -0.926. The average Bonchev–Trinajstić information content (AvgIpc) is 3.23. The zero-order valence-electron chi connectivity index (χ0n) is 15.2. The maximum absolute atomic E-state index is 11.2. The molecular weight excluding hydrogens is 382 g/mol. The SMILES string of the molecule is O=C(O)c1cccc(Sc2ccc3c(-c4ccccc4)cc4nncn4c3c2)c1. The highest BCUT2D eigenvalue weighted by atomic mass is 32.2. The van der Waals surface area contributed by atoms with Gasteiger partial charge in [-0.25, -0.2) is 4.79 Å². The molecule has 0 bridgehead atoms. The van der Waals surface area contributed by atoms with Crippen molar-refractivity contribution in [2.75, 3.05) is 0 Å². The van der Waals surface area contributed by atoms with Crippen LogP contribution in [0.5, 0.6) is 0 Å². The monoisotopic (exact) mass is 397 g/mol. The summed E-state index contributed by atoms with van der Waals surface area (Å²) in [6.07, 6.45) is 1.71. The van der Waals surface area contributed by atoms with Crippen molar-refractivity contribution in [3.05, 3.63) is 90.8 Å². The van der Waals surface area contributed by atoms with Crippen LogP contribution in [0.25, 0.3) is 27.7 Å². The highest BCUT2D eigenvalue weighted by Crippen LogP contribution is 2.35. The zero-order chi connectivity index (χ0) is 19.8. The van der Waals surface area contributed by atoms with Gasteiger partial charge in [0.15, 0.2) is 5.65 Å². The molecule has 0 radical (unpaired) electrons. The number of rotatable bonds is 4. The Morgan fingerprint density at radius 1 is 0.897 bits per heavy atom. The van der Waals surface area contributed by atoms with Crippen molar-refractivity contribution in [2.45, 2.75) is 9.79 Å². The summed E-state index contributed by atoms with van der Waals surface area (Å²) < 4.78 is 1.97. The van der Waals surface area contributed by atoms with Crippen LogP contribution in [0.2, 0.25) is 0 Å². The molecule has 0 amide bonds. The fourth-order valence-corrected chi connectivity index (χ4v) is 4.33. The maximum atomic E-state index is 11.2. The van der Waals surface area contributed by atoms with Crippen LogP contribution < -0.4 is 0 Å². The number of carboxylic acids is 1. The average molecular weight is 397 g/mol. The molecular formula is C23H15N3O2S. The Labute approximate surface area is 170 Å². The second-order valence-electron chi connectivity index (χ2n) is 6.60. The summed E-state index contributed by atoms with van der Waals surface area (Å²) in [5.74, 6) is -0.926. The molecule has 0 aliphatic rings. The molecule has 2 heterocycles. The van der Waals surface area contributed by atoms with E-state index in [1.54, 1.807) is 24.5 Å². The van der Waals surface area contributed by atoms with Gasteiger partial charge in [-0.15, -0.1) is 10.2 Å². The molecule has 6 heteroatoms. The Morgan fingerprint density at radius 3 is 2.55 bits per heavy atom. The number of pyridine rings is 1. The van der Waals surface area contributed by atoms with Crippen LogP contribution >= 0.6 is 11.8 Å². The maximum Gasteiger partial charge on any atom is 0.335 e. The largest absolute Gasteiger partial charge is 0.478 e. The van der Waals surface area contributed by atoms with E-state index in [9.17, 15) is 9.90 Å². The first-order chi connectivity index (χ1) is 14.2. The van der Waals surface area contributed by atoms with Crippen molar-refractivity contribution < 1.29 is 9.90 Å². The predicted octanol–water partition coefficient (Wildman–Crippen LogP) is 5.40. The molecule has 0 fully saturated rings. The van der Waals surface area contributed by atoms with Crippen molar-refractivity contribution in [3.8, 4) is 11.1 Å².